The molecule has 208 valence electrons. The largest absolute Gasteiger partial charge is 0.756 e. The van der Waals surface area contributed by atoms with Crippen molar-refractivity contribution in [3.8, 4) is 0 Å². The Morgan fingerprint density at radius 3 is 2.09 bits per heavy atom. The molecule has 9 heteroatoms. The SMILES string of the molecule is CCC/C=C/C(O)C(COP(=O)([O-])OCC[N+](C)(C)C)NC(=O)CCCCCCCCCCCC. The maximum atomic E-state index is 12.4. The molecule has 0 aliphatic heterocycles. The lowest BCUT2D eigenvalue weighted by Gasteiger charge is -2.29. The zero-order valence-electron chi connectivity index (χ0n) is 23.0. The minimum absolute atomic E-state index is 0.000992. The minimum Gasteiger partial charge on any atom is -0.756 e. The Morgan fingerprint density at radius 1 is 0.971 bits per heavy atom. The number of hydrogen-bond acceptors (Lipinski definition) is 6. The van der Waals surface area contributed by atoms with Crippen LogP contribution < -0.4 is 10.2 Å². The number of rotatable bonds is 23. The third-order valence-electron chi connectivity index (χ3n) is 5.73. The van der Waals surface area contributed by atoms with Gasteiger partial charge in [-0.25, -0.2) is 0 Å². The summed E-state index contributed by atoms with van der Waals surface area (Å²) >= 11 is 0. The summed E-state index contributed by atoms with van der Waals surface area (Å²) in [5.41, 5.74) is 0. The second-order valence-corrected chi connectivity index (χ2v) is 11.8. The van der Waals surface area contributed by atoms with Gasteiger partial charge in [0.25, 0.3) is 7.82 Å². The highest BCUT2D eigenvalue weighted by Gasteiger charge is 2.23. The van der Waals surface area contributed by atoms with Gasteiger partial charge < -0.3 is 28.8 Å². The van der Waals surface area contributed by atoms with Gasteiger partial charge in [0.05, 0.1) is 39.9 Å². The molecule has 0 aromatic rings. The second kappa shape index (κ2) is 20.3. The molecule has 0 aliphatic rings. The Bertz CT molecular complexity index is 609. The van der Waals surface area contributed by atoms with Crippen LogP contribution in [-0.2, 0) is 18.4 Å². The van der Waals surface area contributed by atoms with Crippen molar-refractivity contribution in [3.05, 3.63) is 12.2 Å². The third kappa shape index (κ3) is 22.2. The molecule has 0 saturated heterocycles. The van der Waals surface area contributed by atoms with Crippen molar-refractivity contribution in [2.24, 2.45) is 0 Å². The predicted molar refractivity (Wildman–Crippen MR) is 141 cm³/mol. The van der Waals surface area contributed by atoms with E-state index in [0.717, 1.165) is 32.1 Å². The van der Waals surface area contributed by atoms with E-state index in [1.54, 1.807) is 6.08 Å². The molecule has 0 saturated carbocycles. The number of aliphatic hydroxyl groups is 1. The number of hydrogen-bond donors (Lipinski definition) is 2. The summed E-state index contributed by atoms with van der Waals surface area (Å²) in [6.07, 6.45) is 16.2. The molecule has 0 heterocycles. The Morgan fingerprint density at radius 2 is 1.54 bits per heavy atom. The van der Waals surface area contributed by atoms with Gasteiger partial charge in [0.15, 0.2) is 0 Å². The molecule has 1 amide bonds. The van der Waals surface area contributed by atoms with Crippen LogP contribution in [0.5, 0.6) is 0 Å². The molecule has 3 unspecified atom stereocenters. The van der Waals surface area contributed by atoms with E-state index in [1.807, 2.05) is 34.1 Å². The van der Waals surface area contributed by atoms with Gasteiger partial charge in [0.1, 0.15) is 13.2 Å². The maximum absolute atomic E-state index is 12.4. The zero-order chi connectivity index (χ0) is 26.6. The van der Waals surface area contributed by atoms with Crippen LogP contribution in [-0.4, -0.2) is 68.5 Å². The number of quaternary nitrogens is 1. The van der Waals surface area contributed by atoms with Crippen LogP contribution in [0.25, 0.3) is 0 Å². The number of amides is 1. The molecule has 0 radical (unpaired) electrons. The van der Waals surface area contributed by atoms with E-state index in [9.17, 15) is 19.4 Å². The first-order valence-corrected chi connectivity index (χ1v) is 15.0. The fourth-order valence-electron chi connectivity index (χ4n) is 3.45. The van der Waals surface area contributed by atoms with Crippen molar-refractivity contribution < 1.29 is 32.9 Å². The first-order chi connectivity index (χ1) is 16.5. The molecule has 35 heavy (non-hydrogen) atoms. The number of phosphoric acid groups is 1. The number of unbranched alkanes of at least 4 members (excludes halogenated alkanes) is 10. The number of likely N-dealkylation sites (N-methyl/N-ethyl adjacent to an activating group) is 1. The Kier molecular flexibility index (Phi) is 19.9. The quantitative estimate of drug-likeness (QED) is 0.0875. The third-order valence-corrected chi connectivity index (χ3v) is 6.69. The zero-order valence-corrected chi connectivity index (χ0v) is 23.9. The van der Waals surface area contributed by atoms with Crippen LogP contribution >= 0.6 is 7.82 Å². The van der Waals surface area contributed by atoms with E-state index in [2.05, 4.69) is 12.2 Å². The summed E-state index contributed by atoms with van der Waals surface area (Å²) in [5.74, 6) is -0.215. The van der Waals surface area contributed by atoms with Crippen molar-refractivity contribution in [3.63, 3.8) is 0 Å². The van der Waals surface area contributed by atoms with Crippen LogP contribution in [0, 0.1) is 0 Å². The topological polar surface area (TPSA) is 108 Å². The molecule has 2 N–H and O–H groups in total. The first kappa shape index (κ1) is 34.2. The van der Waals surface area contributed by atoms with Crippen LogP contribution in [0.1, 0.15) is 97.3 Å². The summed E-state index contributed by atoms with van der Waals surface area (Å²) in [6.45, 7) is 4.36. The van der Waals surface area contributed by atoms with Crippen LogP contribution in [0.4, 0.5) is 0 Å². The van der Waals surface area contributed by atoms with Crippen molar-refractivity contribution >= 4 is 13.7 Å². The summed E-state index contributed by atoms with van der Waals surface area (Å²) < 4.78 is 22.6. The summed E-state index contributed by atoms with van der Waals surface area (Å²) in [6, 6.07) is -0.872. The van der Waals surface area contributed by atoms with Gasteiger partial charge in [-0.1, -0.05) is 90.2 Å². The maximum Gasteiger partial charge on any atom is 0.268 e. The lowest BCUT2D eigenvalue weighted by atomic mass is 10.1. The van der Waals surface area contributed by atoms with Gasteiger partial charge in [-0.05, 0) is 12.8 Å². The van der Waals surface area contributed by atoms with Crippen LogP contribution in [0.3, 0.4) is 0 Å². The summed E-state index contributed by atoms with van der Waals surface area (Å²) in [7, 11) is 1.25. The van der Waals surface area contributed by atoms with Gasteiger partial charge in [0, 0.05) is 6.42 Å². The lowest BCUT2D eigenvalue weighted by molar-refractivity contribution is -0.870. The molecule has 0 fully saturated rings. The predicted octanol–water partition coefficient (Wildman–Crippen LogP) is 4.71. The molecule has 0 aliphatic carbocycles. The highest BCUT2D eigenvalue weighted by atomic mass is 31.2. The van der Waals surface area contributed by atoms with Crippen molar-refractivity contribution in [2.45, 2.75) is 109 Å². The van der Waals surface area contributed by atoms with E-state index in [0.29, 0.717) is 17.4 Å². The molecular weight excluding hydrogens is 467 g/mol. The number of nitrogens with zero attached hydrogens (tertiary/aromatic N) is 1. The van der Waals surface area contributed by atoms with Crippen molar-refractivity contribution in [1.29, 1.82) is 0 Å². The van der Waals surface area contributed by atoms with E-state index in [4.69, 9.17) is 9.05 Å². The fourth-order valence-corrected chi connectivity index (χ4v) is 4.17. The lowest BCUT2D eigenvalue weighted by Crippen LogP contribution is -2.45. The van der Waals surface area contributed by atoms with Gasteiger partial charge in [-0.15, -0.1) is 0 Å². The van der Waals surface area contributed by atoms with Crippen LogP contribution in [0.2, 0.25) is 0 Å². The summed E-state index contributed by atoms with van der Waals surface area (Å²) in [4.78, 5) is 24.6. The smallest absolute Gasteiger partial charge is 0.268 e. The van der Waals surface area contributed by atoms with Crippen LogP contribution in [0.15, 0.2) is 12.2 Å². The molecular formula is C26H53N2O6P. The average molecular weight is 521 g/mol. The number of aliphatic hydroxyl groups excluding tert-OH is 1. The van der Waals surface area contributed by atoms with Gasteiger partial charge >= 0.3 is 0 Å². The fraction of sp³-hybridized carbons (Fsp3) is 0.885. The van der Waals surface area contributed by atoms with Gasteiger partial charge in [-0.3, -0.25) is 9.36 Å². The molecule has 8 nitrogen and oxygen atoms in total. The molecule has 0 aromatic carbocycles. The van der Waals surface area contributed by atoms with E-state index >= 15 is 0 Å². The minimum atomic E-state index is -4.54. The van der Waals surface area contributed by atoms with Crippen molar-refractivity contribution in [1.82, 2.24) is 5.32 Å². The molecule has 3 atom stereocenters. The molecule has 0 spiro atoms. The normalized spacial score (nSPS) is 15.7. The number of allylic oxidation sites excluding steroid dienone is 1. The second-order valence-electron chi connectivity index (χ2n) is 10.4. The highest BCUT2D eigenvalue weighted by Crippen LogP contribution is 2.38. The summed E-state index contributed by atoms with van der Waals surface area (Å²) in [5, 5.41) is 13.2. The van der Waals surface area contributed by atoms with E-state index < -0.39 is 20.0 Å². The monoisotopic (exact) mass is 520 g/mol. The van der Waals surface area contributed by atoms with E-state index in [-0.39, 0.29) is 19.1 Å². The molecule has 0 rings (SSSR count). The van der Waals surface area contributed by atoms with Crippen molar-refractivity contribution in [2.75, 3.05) is 40.9 Å². The van der Waals surface area contributed by atoms with Gasteiger partial charge in [0.2, 0.25) is 5.91 Å². The first-order valence-electron chi connectivity index (χ1n) is 13.6. The number of carbonyl (C=O) groups is 1. The Hall–Kier alpha value is -0.760. The highest BCUT2D eigenvalue weighted by molar-refractivity contribution is 7.45. The number of carbonyl (C=O) groups excluding carboxylic acids is 1. The molecule has 0 bridgehead atoms. The number of phosphoric ester groups is 1. The number of nitrogens with one attached hydrogen (secondary N) is 1. The molecule has 0 aromatic heterocycles. The van der Waals surface area contributed by atoms with E-state index in [1.165, 1.54) is 44.9 Å². The average Bonchev–Trinajstić information content (AvgIpc) is 2.77. The standard InChI is InChI=1S/C26H53N2O6P/c1-6-8-10-11-12-13-14-15-16-18-20-26(30)27-24(25(29)19-17-9-7-2)23-34-35(31,32)33-22-21-28(3,4)5/h17,19,24-25,29H,6-16,18,20-23H2,1-5H3,(H-,27,30,31,32)/b19-17+. The van der Waals surface area contributed by atoms with Gasteiger partial charge in [-0.2, -0.15) is 0 Å². The Balaban J connectivity index is 4.48. The Labute approximate surface area is 214 Å².